The maximum Gasteiger partial charge on any atom is 0.262 e. The van der Waals surface area contributed by atoms with Gasteiger partial charge < -0.3 is 10.1 Å². The van der Waals surface area contributed by atoms with Crippen molar-refractivity contribution in [2.24, 2.45) is 0 Å². The Hall–Kier alpha value is -2.36. The summed E-state index contributed by atoms with van der Waals surface area (Å²) in [5.41, 5.74) is 1.90. The smallest absolute Gasteiger partial charge is 0.262 e. The van der Waals surface area contributed by atoms with Gasteiger partial charge in [-0.2, -0.15) is 0 Å². The number of rotatable bonds is 5. The number of hydrogen-bond donors (Lipinski definition) is 1. The van der Waals surface area contributed by atoms with Crippen LogP contribution in [0.1, 0.15) is 12.5 Å². The third kappa shape index (κ3) is 4.10. The highest BCUT2D eigenvalue weighted by Gasteiger charge is 2.03. The topological polar surface area (TPSA) is 51.2 Å². The summed E-state index contributed by atoms with van der Waals surface area (Å²) in [5.74, 6) is 0.525. The molecule has 0 fully saturated rings. The molecule has 0 aliphatic heterocycles. The third-order valence-corrected chi connectivity index (χ3v) is 2.64. The summed E-state index contributed by atoms with van der Waals surface area (Å²) in [4.78, 5) is 15.6. The zero-order valence-electron chi connectivity index (χ0n) is 10.8. The molecule has 0 spiro atoms. The lowest BCUT2D eigenvalue weighted by molar-refractivity contribution is -0.118. The number of nitrogens with one attached hydrogen (secondary N) is 1. The molecule has 1 aromatic heterocycles. The molecule has 0 radical (unpaired) electrons. The number of pyridine rings is 1. The second-order valence-electron chi connectivity index (χ2n) is 4.07. The highest BCUT2D eigenvalue weighted by atomic mass is 16.5. The van der Waals surface area contributed by atoms with E-state index in [1.165, 1.54) is 5.56 Å². The average Bonchev–Trinajstić information content (AvgIpc) is 2.46. The molecule has 1 aromatic carbocycles. The summed E-state index contributed by atoms with van der Waals surface area (Å²) in [5, 5.41) is 2.74. The van der Waals surface area contributed by atoms with Crippen molar-refractivity contribution in [2.75, 3.05) is 11.9 Å². The Morgan fingerprint density at radius 3 is 2.79 bits per heavy atom. The van der Waals surface area contributed by atoms with Gasteiger partial charge in [0.2, 0.25) is 0 Å². The number of aryl methyl sites for hydroxylation is 1. The van der Waals surface area contributed by atoms with Gasteiger partial charge >= 0.3 is 0 Å². The zero-order valence-corrected chi connectivity index (χ0v) is 10.8. The van der Waals surface area contributed by atoms with Crippen molar-refractivity contribution >= 4 is 11.6 Å². The van der Waals surface area contributed by atoms with Crippen molar-refractivity contribution < 1.29 is 9.53 Å². The van der Waals surface area contributed by atoms with E-state index < -0.39 is 0 Å². The van der Waals surface area contributed by atoms with Crippen molar-refractivity contribution in [2.45, 2.75) is 13.3 Å². The van der Waals surface area contributed by atoms with E-state index in [4.69, 9.17) is 4.74 Å². The maximum absolute atomic E-state index is 11.7. The first kappa shape index (κ1) is 13.1. The van der Waals surface area contributed by atoms with Crippen LogP contribution in [0.15, 0.2) is 48.8 Å². The molecule has 4 nitrogen and oxygen atoms in total. The number of nitrogens with zero attached hydrogens (tertiary/aromatic N) is 1. The first-order valence-corrected chi connectivity index (χ1v) is 6.19. The Morgan fingerprint density at radius 1 is 1.26 bits per heavy atom. The molecule has 2 aromatic rings. The van der Waals surface area contributed by atoms with Crippen LogP contribution in [0.2, 0.25) is 0 Å². The number of ether oxygens (including phenoxy) is 1. The van der Waals surface area contributed by atoms with E-state index in [1.807, 2.05) is 24.3 Å². The number of amides is 1. The minimum Gasteiger partial charge on any atom is -0.484 e. The quantitative estimate of drug-likeness (QED) is 0.894. The molecule has 0 aliphatic carbocycles. The summed E-state index contributed by atoms with van der Waals surface area (Å²) >= 11 is 0. The molecular formula is C15H16N2O2. The van der Waals surface area contributed by atoms with Gasteiger partial charge in [-0.05, 0) is 36.2 Å². The summed E-state index contributed by atoms with van der Waals surface area (Å²) in [6, 6.07) is 11.2. The van der Waals surface area contributed by atoms with Crippen molar-refractivity contribution in [3.63, 3.8) is 0 Å². The van der Waals surface area contributed by atoms with Crippen molar-refractivity contribution in [1.29, 1.82) is 0 Å². The molecule has 4 heteroatoms. The van der Waals surface area contributed by atoms with E-state index in [0.29, 0.717) is 11.4 Å². The Bertz CT molecular complexity index is 541. The number of aromatic nitrogens is 1. The normalized spacial score (nSPS) is 9.95. The number of anilines is 1. The lowest BCUT2D eigenvalue weighted by Gasteiger charge is -2.08. The van der Waals surface area contributed by atoms with E-state index in [-0.39, 0.29) is 12.5 Å². The highest BCUT2D eigenvalue weighted by Crippen LogP contribution is 2.13. The van der Waals surface area contributed by atoms with E-state index in [9.17, 15) is 4.79 Å². The largest absolute Gasteiger partial charge is 0.484 e. The Balaban J connectivity index is 1.86. The SMILES string of the molecule is CCc1cccc(OCC(=O)Nc2ccncc2)c1. The Kier molecular flexibility index (Phi) is 4.50. The summed E-state index contributed by atoms with van der Waals surface area (Å²) < 4.78 is 5.45. The standard InChI is InChI=1S/C15H16N2O2/c1-2-12-4-3-5-14(10-12)19-11-15(18)17-13-6-8-16-9-7-13/h3-10H,2,11H2,1H3,(H,16,17,18). The number of benzene rings is 1. The van der Waals surface area contributed by atoms with Gasteiger partial charge in [-0.1, -0.05) is 19.1 Å². The molecule has 98 valence electrons. The second-order valence-corrected chi connectivity index (χ2v) is 4.07. The minimum atomic E-state index is -0.187. The molecule has 0 saturated carbocycles. The van der Waals surface area contributed by atoms with E-state index in [1.54, 1.807) is 24.5 Å². The molecule has 0 saturated heterocycles. The van der Waals surface area contributed by atoms with Gasteiger partial charge in [-0.25, -0.2) is 0 Å². The van der Waals surface area contributed by atoms with Gasteiger partial charge in [0.1, 0.15) is 5.75 Å². The molecule has 0 aliphatic rings. The van der Waals surface area contributed by atoms with Gasteiger partial charge in [-0.3, -0.25) is 9.78 Å². The van der Waals surface area contributed by atoms with Gasteiger partial charge in [0.25, 0.3) is 5.91 Å². The predicted molar refractivity (Wildman–Crippen MR) is 74.2 cm³/mol. The minimum absolute atomic E-state index is 0.00447. The maximum atomic E-state index is 11.7. The van der Waals surface area contributed by atoms with Crippen LogP contribution >= 0.6 is 0 Å². The molecule has 1 N–H and O–H groups in total. The number of hydrogen-bond acceptors (Lipinski definition) is 3. The van der Waals surface area contributed by atoms with E-state index in [2.05, 4.69) is 17.2 Å². The molecule has 1 heterocycles. The van der Waals surface area contributed by atoms with Crippen LogP contribution in [-0.4, -0.2) is 17.5 Å². The molecular weight excluding hydrogens is 240 g/mol. The first-order chi connectivity index (χ1) is 9.28. The van der Waals surface area contributed by atoms with Crippen molar-refractivity contribution in [3.8, 4) is 5.75 Å². The molecule has 0 atom stereocenters. The van der Waals surface area contributed by atoms with Crippen molar-refractivity contribution in [3.05, 3.63) is 54.4 Å². The zero-order chi connectivity index (χ0) is 13.5. The first-order valence-electron chi connectivity index (χ1n) is 6.19. The summed E-state index contributed by atoms with van der Waals surface area (Å²) in [6.45, 7) is 2.07. The number of carbonyl (C=O) groups excluding carboxylic acids is 1. The molecule has 2 rings (SSSR count). The average molecular weight is 256 g/mol. The van der Waals surface area contributed by atoms with Gasteiger partial charge in [0.05, 0.1) is 0 Å². The number of carbonyl (C=O) groups is 1. The van der Waals surface area contributed by atoms with Crippen LogP contribution in [0, 0.1) is 0 Å². The van der Waals surface area contributed by atoms with E-state index >= 15 is 0 Å². The van der Waals surface area contributed by atoms with Crippen LogP contribution < -0.4 is 10.1 Å². The Morgan fingerprint density at radius 2 is 2.05 bits per heavy atom. The lowest BCUT2D eigenvalue weighted by atomic mass is 10.2. The lowest BCUT2D eigenvalue weighted by Crippen LogP contribution is -2.20. The molecule has 0 unspecified atom stereocenters. The fourth-order valence-electron chi connectivity index (χ4n) is 1.64. The molecule has 19 heavy (non-hydrogen) atoms. The summed E-state index contributed by atoms with van der Waals surface area (Å²) in [6.07, 6.45) is 4.20. The Labute approximate surface area is 112 Å². The molecule has 1 amide bonds. The fraction of sp³-hybridized carbons (Fsp3) is 0.200. The molecule has 0 bridgehead atoms. The van der Waals surface area contributed by atoms with Gasteiger partial charge in [-0.15, -0.1) is 0 Å². The van der Waals surface area contributed by atoms with Crippen molar-refractivity contribution in [1.82, 2.24) is 4.98 Å². The van der Waals surface area contributed by atoms with Crippen LogP contribution in [0.4, 0.5) is 5.69 Å². The third-order valence-electron chi connectivity index (χ3n) is 2.64. The predicted octanol–water partition coefficient (Wildman–Crippen LogP) is 2.66. The summed E-state index contributed by atoms with van der Waals surface area (Å²) in [7, 11) is 0. The fourth-order valence-corrected chi connectivity index (χ4v) is 1.64. The van der Waals surface area contributed by atoms with E-state index in [0.717, 1.165) is 6.42 Å². The second kappa shape index (κ2) is 6.54. The highest BCUT2D eigenvalue weighted by molar-refractivity contribution is 5.91. The van der Waals surface area contributed by atoms with Gasteiger partial charge in [0.15, 0.2) is 6.61 Å². The monoisotopic (exact) mass is 256 g/mol. The van der Waals surface area contributed by atoms with Crippen LogP contribution in [0.5, 0.6) is 5.75 Å². The van der Waals surface area contributed by atoms with Gasteiger partial charge in [0, 0.05) is 18.1 Å². The van der Waals surface area contributed by atoms with Crippen LogP contribution in [0.25, 0.3) is 0 Å². The van der Waals surface area contributed by atoms with Crippen LogP contribution in [-0.2, 0) is 11.2 Å². The van der Waals surface area contributed by atoms with Crippen LogP contribution in [0.3, 0.4) is 0 Å².